The summed E-state index contributed by atoms with van der Waals surface area (Å²) in [5.74, 6) is -0.110. The summed E-state index contributed by atoms with van der Waals surface area (Å²) < 4.78 is 5.50. The summed E-state index contributed by atoms with van der Waals surface area (Å²) >= 11 is 0. The van der Waals surface area contributed by atoms with Crippen LogP contribution in [0.1, 0.15) is 29.6 Å². The van der Waals surface area contributed by atoms with Gasteiger partial charge in [0.15, 0.2) is 0 Å². The van der Waals surface area contributed by atoms with Crippen LogP contribution in [0.25, 0.3) is 0 Å². The molecule has 0 spiro atoms. The first kappa shape index (κ1) is 15.0. The number of carbonyl (C=O) groups excluding carboxylic acids is 2. The number of carbonyl (C=O) groups is 2. The molecule has 0 radical (unpaired) electrons. The topological polar surface area (TPSA) is 71.5 Å². The van der Waals surface area contributed by atoms with Crippen molar-refractivity contribution in [1.82, 2.24) is 15.2 Å². The molecular formula is C16H21N3O3. The minimum absolute atomic E-state index is 0.0395. The van der Waals surface area contributed by atoms with Crippen molar-refractivity contribution in [3.05, 3.63) is 30.1 Å². The van der Waals surface area contributed by atoms with Crippen LogP contribution in [0.4, 0.5) is 0 Å². The Morgan fingerprint density at radius 1 is 1.27 bits per heavy atom. The van der Waals surface area contributed by atoms with Crippen molar-refractivity contribution >= 4 is 11.8 Å². The molecular weight excluding hydrogens is 282 g/mol. The van der Waals surface area contributed by atoms with Gasteiger partial charge in [-0.25, -0.2) is 0 Å². The SMILES string of the molecule is O=C1NCCOCCN(C(=O)c2ccncc2)[C@H]2CCC[C@@H]12. The average molecular weight is 303 g/mol. The van der Waals surface area contributed by atoms with Crippen LogP contribution in [0.2, 0.25) is 0 Å². The van der Waals surface area contributed by atoms with Crippen LogP contribution in [0.15, 0.2) is 24.5 Å². The van der Waals surface area contributed by atoms with Crippen LogP contribution in [0.5, 0.6) is 0 Å². The molecule has 0 aromatic carbocycles. The second kappa shape index (κ2) is 6.87. The van der Waals surface area contributed by atoms with Gasteiger partial charge in [0.2, 0.25) is 5.91 Å². The number of nitrogens with one attached hydrogen (secondary N) is 1. The molecule has 6 heteroatoms. The predicted molar refractivity (Wildman–Crippen MR) is 80.2 cm³/mol. The number of fused-ring (bicyclic) bond motifs is 1. The highest BCUT2D eigenvalue weighted by Crippen LogP contribution is 2.31. The Morgan fingerprint density at radius 2 is 2.09 bits per heavy atom. The smallest absolute Gasteiger partial charge is 0.254 e. The van der Waals surface area contributed by atoms with Crippen LogP contribution >= 0.6 is 0 Å². The summed E-state index contributed by atoms with van der Waals surface area (Å²) in [5, 5.41) is 2.91. The fourth-order valence-corrected chi connectivity index (χ4v) is 3.34. The van der Waals surface area contributed by atoms with Gasteiger partial charge in [0.25, 0.3) is 5.91 Å². The van der Waals surface area contributed by atoms with E-state index in [0.717, 1.165) is 19.3 Å². The molecule has 22 heavy (non-hydrogen) atoms. The second-order valence-electron chi connectivity index (χ2n) is 5.74. The van der Waals surface area contributed by atoms with Gasteiger partial charge in [-0.3, -0.25) is 14.6 Å². The van der Waals surface area contributed by atoms with E-state index in [9.17, 15) is 9.59 Å². The van der Waals surface area contributed by atoms with Crippen LogP contribution in [0.3, 0.4) is 0 Å². The normalized spacial score (nSPS) is 26.2. The third-order valence-corrected chi connectivity index (χ3v) is 4.43. The van der Waals surface area contributed by atoms with Gasteiger partial charge in [0.1, 0.15) is 0 Å². The molecule has 1 aromatic heterocycles. The van der Waals surface area contributed by atoms with Crippen LogP contribution in [0, 0.1) is 5.92 Å². The van der Waals surface area contributed by atoms with Gasteiger partial charge in [-0.05, 0) is 25.0 Å². The van der Waals surface area contributed by atoms with E-state index in [4.69, 9.17) is 4.74 Å². The van der Waals surface area contributed by atoms with Gasteiger partial charge in [-0.15, -0.1) is 0 Å². The van der Waals surface area contributed by atoms with Crippen molar-refractivity contribution in [2.75, 3.05) is 26.3 Å². The summed E-state index contributed by atoms with van der Waals surface area (Å²) in [4.78, 5) is 30.9. The number of hydrogen-bond acceptors (Lipinski definition) is 4. The highest BCUT2D eigenvalue weighted by atomic mass is 16.5. The second-order valence-corrected chi connectivity index (χ2v) is 5.74. The molecule has 1 N–H and O–H groups in total. The Bertz CT molecular complexity index is 535. The lowest BCUT2D eigenvalue weighted by molar-refractivity contribution is -0.126. The van der Waals surface area contributed by atoms with Crippen molar-refractivity contribution in [2.24, 2.45) is 5.92 Å². The summed E-state index contributed by atoms with van der Waals surface area (Å²) in [6, 6.07) is 3.39. The van der Waals surface area contributed by atoms with E-state index >= 15 is 0 Å². The quantitative estimate of drug-likeness (QED) is 0.834. The molecule has 2 atom stereocenters. The number of ether oxygens (including phenoxy) is 1. The Hall–Kier alpha value is -1.95. The summed E-state index contributed by atoms with van der Waals surface area (Å²) in [5.41, 5.74) is 0.609. The molecule has 6 nitrogen and oxygen atoms in total. The Balaban J connectivity index is 1.85. The standard InChI is InChI=1S/C16H21N3O3/c20-15-13-2-1-3-14(13)19(9-11-22-10-8-18-15)16(21)12-4-6-17-7-5-12/h4-7,13-14H,1-3,8-11H2,(H,18,20)/t13-,14+/m1/s1. The van der Waals surface area contributed by atoms with Gasteiger partial charge >= 0.3 is 0 Å². The lowest BCUT2D eigenvalue weighted by Gasteiger charge is -2.33. The van der Waals surface area contributed by atoms with Crippen molar-refractivity contribution in [3.8, 4) is 0 Å². The van der Waals surface area contributed by atoms with E-state index in [0.29, 0.717) is 31.9 Å². The van der Waals surface area contributed by atoms with E-state index in [-0.39, 0.29) is 23.8 Å². The van der Waals surface area contributed by atoms with Crippen molar-refractivity contribution in [3.63, 3.8) is 0 Å². The van der Waals surface area contributed by atoms with Gasteiger partial charge < -0.3 is 15.0 Å². The molecule has 2 amide bonds. The summed E-state index contributed by atoms with van der Waals surface area (Å²) in [7, 11) is 0. The fourth-order valence-electron chi connectivity index (χ4n) is 3.34. The largest absolute Gasteiger partial charge is 0.378 e. The molecule has 1 saturated carbocycles. The predicted octanol–water partition coefficient (Wildman–Crippen LogP) is 0.839. The number of nitrogens with zero attached hydrogens (tertiary/aromatic N) is 2. The average Bonchev–Trinajstić information content (AvgIpc) is 3.03. The zero-order chi connectivity index (χ0) is 15.4. The molecule has 118 valence electrons. The maximum absolute atomic E-state index is 12.8. The highest BCUT2D eigenvalue weighted by molar-refractivity contribution is 5.94. The Kier molecular flexibility index (Phi) is 4.68. The first-order valence-corrected chi connectivity index (χ1v) is 7.84. The molecule has 1 aromatic rings. The number of amides is 2. The van der Waals surface area contributed by atoms with E-state index in [1.807, 2.05) is 4.90 Å². The Morgan fingerprint density at radius 3 is 2.91 bits per heavy atom. The molecule has 1 saturated heterocycles. The van der Waals surface area contributed by atoms with E-state index < -0.39 is 0 Å². The van der Waals surface area contributed by atoms with Crippen LogP contribution in [-0.4, -0.2) is 54.0 Å². The zero-order valence-corrected chi connectivity index (χ0v) is 12.5. The van der Waals surface area contributed by atoms with E-state index in [1.165, 1.54) is 0 Å². The monoisotopic (exact) mass is 303 g/mol. The van der Waals surface area contributed by atoms with E-state index in [1.54, 1.807) is 24.5 Å². The third-order valence-electron chi connectivity index (χ3n) is 4.43. The van der Waals surface area contributed by atoms with Crippen molar-refractivity contribution in [1.29, 1.82) is 0 Å². The van der Waals surface area contributed by atoms with Crippen molar-refractivity contribution < 1.29 is 14.3 Å². The number of hydrogen-bond donors (Lipinski definition) is 1. The minimum atomic E-state index is -0.108. The maximum Gasteiger partial charge on any atom is 0.254 e. The molecule has 0 bridgehead atoms. The molecule has 1 aliphatic heterocycles. The molecule has 0 unspecified atom stereocenters. The fraction of sp³-hybridized carbons (Fsp3) is 0.562. The van der Waals surface area contributed by atoms with Crippen LogP contribution < -0.4 is 5.32 Å². The highest BCUT2D eigenvalue weighted by Gasteiger charge is 2.39. The number of pyridine rings is 1. The third kappa shape index (κ3) is 3.11. The molecule has 2 heterocycles. The molecule has 3 rings (SSSR count). The van der Waals surface area contributed by atoms with Gasteiger partial charge in [0.05, 0.1) is 19.1 Å². The van der Waals surface area contributed by atoms with Gasteiger partial charge in [0, 0.05) is 37.1 Å². The van der Waals surface area contributed by atoms with Gasteiger partial charge in [-0.1, -0.05) is 6.42 Å². The van der Waals surface area contributed by atoms with Gasteiger partial charge in [-0.2, -0.15) is 0 Å². The Labute approximate surface area is 129 Å². The molecule has 1 aliphatic carbocycles. The molecule has 2 aliphatic rings. The zero-order valence-electron chi connectivity index (χ0n) is 12.5. The lowest BCUT2D eigenvalue weighted by Crippen LogP contribution is -2.49. The summed E-state index contributed by atoms with van der Waals surface area (Å²) in [6.45, 7) is 2.05. The summed E-state index contributed by atoms with van der Waals surface area (Å²) in [6.07, 6.45) is 5.92. The maximum atomic E-state index is 12.8. The first-order valence-electron chi connectivity index (χ1n) is 7.84. The van der Waals surface area contributed by atoms with E-state index in [2.05, 4.69) is 10.3 Å². The first-order chi connectivity index (χ1) is 10.8. The minimum Gasteiger partial charge on any atom is -0.378 e. The lowest BCUT2D eigenvalue weighted by atomic mass is 10.00. The molecule has 2 fully saturated rings. The van der Waals surface area contributed by atoms with Crippen LogP contribution in [-0.2, 0) is 9.53 Å². The van der Waals surface area contributed by atoms with Crippen molar-refractivity contribution in [2.45, 2.75) is 25.3 Å². The number of aromatic nitrogens is 1. The number of rotatable bonds is 1.